The second kappa shape index (κ2) is 8.95. The molecule has 2 heterocycles. The zero-order valence-electron chi connectivity index (χ0n) is 16.8. The number of thiophene rings is 1. The van der Waals surface area contributed by atoms with Gasteiger partial charge < -0.3 is 10.1 Å². The highest BCUT2D eigenvalue weighted by Gasteiger charge is 2.29. The lowest BCUT2D eigenvalue weighted by atomic mass is 10.0. The van der Waals surface area contributed by atoms with E-state index < -0.39 is 23.5 Å². The van der Waals surface area contributed by atoms with Crippen LogP contribution in [0.5, 0.6) is 0 Å². The smallest absolute Gasteiger partial charge is 0.341 e. The van der Waals surface area contributed by atoms with Crippen molar-refractivity contribution >= 4 is 28.2 Å². The van der Waals surface area contributed by atoms with Crippen molar-refractivity contribution in [2.24, 2.45) is 0 Å². The van der Waals surface area contributed by atoms with Crippen molar-refractivity contribution < 1.29 is 23.1 Å². The number of rotatable bonds is 5. The Morgan fingerprint density at radius 2 is 1.94 bits per heavy atom. The third-order valence-corrected chi connectivity index (χ3v) is 6.31. The molecule has 0 saturated heterocycles. The molecular weight excluding hydrogens is 422 g/mol. The number of fused-ring (bicyclic) bond motifs is 1. The summed E-state index contributed by atoms with van der Waals surface area (Å²) < 4.78 is 32.1. The Kier molecular flexibility index (Phi) is 6.11. The van der Waals surface area contributed by atoms with Crippen LogP contribution in [0.3, 0.4) is 0 Å². The summed E-state index contributed by atoms with van der Waals surface area (Å²) in [4.78, 5) is 28.3. The maximum absolute atomic E-state index is 14.0. The summed E-state index contributed by atoms with van der Waals surface area (Å²) in [5.74, 6) is -3.03. The quantitative estimate of drug-likeness (QED) is 0.586. The first-order valence-electron chi connectivity index (χ1n) is 9.71. The van der Waals surface area contributed by atoms with Crippen LogP contribution < -0.4 is 5.32 Å². The average Bonchev–Trinajstić information content (AvgIpc) is 3.10. The number of esters is 1. The average molecular weight is 442 g/mol. The van der Waals surface area contributed by atoms with Gasteiger partial charge in [-0.05, 0) is 29.7 Å². The van der Waals surface area contributed by atoms with Crippen molar-refractivity contribution in [3.63, 3.8) is 0 Å². The number of amides is 1. The van der Waals surface area contributed by atoms with E-state index in [1.807, 2.05) is 18.2 Å². The van der Waals surface area contributed by atoms with E-state index in [0.717, 1.165) is 35.7 Å². The minimum atomic E-state index is -0.965. The fourth-order valence-corrected chi connectivity index (χ4v) is 4.96. The fourth-order valence-electron chi connectivity index (χ4n) is 3.68. The Morgan fingerprint density at radius 3 is 2.65 bits per heavy atom. The number of nitrogens with one attached hydrogen (secondary N) is 1. The molecule has 2 aromatic carbocycles. The summed E-state index contributed by atoms with van der Waals surface area (Å²) in [5, 5.41) is 2.93. The van der Waals surface area contributed by atoms with Crippen LogP contribution in [0, 0.1) is 11.6 Å². The fraction of sp³-hybridized carbons (Fsp3) is 0.217. The van der Waals surface area contributed by atoms with Crippen molar-refractivity contribution in [3.05, 3.63) is 87.3 Å². The molecule has 0 bridgehead atoms. The Hall–Kier alpha value is -3.10. The standard InChI is InChI=1S/C23H20F2N2O3S/c1-30-23(29)20-17-9-10-27(12-14-5-3-2-4-6-14)13-19(17)31-22(20)26-21(28)16-8-7-15(24)11-18(16)25/h2-8,11H,9-10,12-13H2,1H3,(H,26,28). The van der Waals surface area contributed by atoms with E-state index in [-0.39, 0.29) is 5.56 Å². The second-order valence-corrected chi connectivity index (χ2v) is 8.33. The lowest BCUT2D eigenvalue weighted by Crippen LogP contribution is -2.29. The zero-order valence-corrected chi connectivity index (χ0v) is 17.6. The molecule has 1 aromatic heterocycles. The van der Waals surface area contributed by atoms with E-state index in [2.05, 4.69) is 22.3 Å². The molecule has 1 N–H and O–H groups in total. The van der Waals surface area contributed by atoms with Crippen LogP contribution in [-0.2, 0) is 24.2 Å². The lowest BCUT2D eigenvalue weighted by molar-refractivity contribution is 0.0600. The van der Waals surface area contributed by atoms with Gasteiger partial charge in [-0.1, -0.05) is 30.3 Å². The van der Waals surface area contributed by atoms with Crippen LogP contribution in [0.4, 0.5) is 13.8 Å². The second-order valence-electron chi connectivity index (χ2n) is 7.22. The van der Waals surface area contributed by atoms with Gasteiger partial charge in [-0.25, -0.2) is 13.6 Å². The van der Waals surface area contributed by atoms with Crippen LogP contribution in [0.1, 0.15) is 36.7 Å². The molecule has 31 heavy (non-hydrogen) atoms. The van der Waals surface area contributed by atoms with Crippen LogP contribution in [0.15, 0.2) is 48.5 Å². The maximum Gasteiger partial charge on any atom is 0.341 e. The van der Waals surface area contributed by atoms with Crippen LogP contribution in [-0.4, -0.2) is 30.4 Å². The summed E-state index contributed by atoms with van der Waals surface area (Å²) in [6.07, 6.45) is 0.629. The molecule has 5 nitrogen and oxygen atoms in total. The summed E-state index contributed by atoms with van der Waals surface area (Å²) >= 11 is 1.28. The molecule has 0 atom stereocenters. The maximum atomic E-state index is 14.0. The molecule has 0 radical (unpaired) electrons. The minimum absolute atomic E-state index is 0.297. The zero-order chi connectivity index (χ0) is 22.0. The predicted octanol–water partition coefficient (Wildman–Crippen LogP) is 4.62. The largest absolute Gasteiger partial charge is 0.465 e. The van der Waals surface area contributed by atoms with Crippen molar-refractivity contribution in [3.8, 4) is 0 Å². The number of ether oxygens (including phenoxy) is 1. The van der Waals surface area contributed by atoms with Gasteiger partial charge in [0.1, 0.15) is 16.6 Å². The van der Waals surface area contributed by atoms with Crippen LogP contribution in [0.25, 0.3) is 0 Å². The number of methoxy groups -OCH3 is 1. The normalized spacial score (nSPS) is 13.5. The van der Waals surface area contributed by atoms with Crippen LogP contribution >= 0.6 is 11.3 Å². The molecule has 3 aromatic rings. The van der Waals surface area contributed by atoms with Crippen LogP contribution in [0.2, 0.25) is 0 Å². The predicted molar refractivity (Wildman–Crippen MR) is 114 cm³/mol. The first-order valence-corrected chi connectivity index (χ1v) is 10.5. The Morgan fingerprint density at radius 1 is 1.16 bits per heavy atom. The number of nitrogens with zero attached hydrogens (tertiary/aromatic N) is 1. The van der Waals surface area contributed by atoms with Gasteiger partial charge in [0.25, 0.3) is 5.91 Å². The Labute approximate surface area is 182 Å². The van der Waals surface area contributed by atoms with E-state index in [4.69, 9.17) is 4.74 Å². The van der Waals surface area contributed by atoms with E-state index in [1.54, 1.807) is 0 Å². The summed E-state index contributed by atoms with van der Waals surface area (Å²) in [7, 11) is 1.28. The van der Waals surface area contributed by atoms with Crippen molar-refractivity contribution in [2.75, 3.05) is 19.0 Å². The molecule has 8 heteroatoms. The van der Waals surface area contributed by atoms with E-state index in [0.29, 0.717) is 29.6 Å². The molecule has 4 rings (SSSR count). The monoisotopic (exact) mass is 442 g/mol. The number of halogens is 2. The van der Waals surface area contributed by atoms with Gasteiger partial charge >= 0.3 is 5.97 Å². The first kappa shape index (κ1) is 21.1. The third-order valence-electron chi connectivity index (χ3n) is 5.18. The number of hydrogen-bond acceptors (Lipinski definition) is 5. The molecule has 0 fully saturated rings. The molecule has 1 aliphatic rings. The molecule has 1 aliphatic heterocycles. The molecule has 0 spiro atoms. The number of anilines is 1. The molecule has 160 valence electrons. The molecular formula is C23H20F2N2O3S. The summed E-state index contributed by atoms with van der Waals surface area (Å²) in [6, 6.07) is 12.8. The highest BCUT2D eigenvalue weighted by atomic mass is 32.1. The first-order chi connectivity index (χ1) is 15.0. The van der Waals surface area contributed by atoms with Gasteiger partial charge in [-0.3, -0.25) is 9.69 Å². The molecule has 0 aliphatic carbocycles. The number of benzene rings is 2. The third kappa shape index (κ3) is 4.50. The van der Waals surface area contributed by atoms with E-state index in [9.17, 15) is 18.4 Å². The summed E-state index contributed by atoms with van der Waals surface area (Å²) in [6.45, 7) is 2.15. The van der Waals surface area contributed by atoms with Crippen molar-refractivity contribution in [1.29, 1.82) is 0 Å². The van der Waals surface area contributed by atoms with Gasteiger partial charge in [-0.15, -0.1) is 11.3 Å². The van der Waals surface area contributed by atoms with E-state index in [1.165, 1.54) is 24.0 Å². The number of carbonyl (C=O) groups is 2. The molecule has 0 unspecified atom stereocenters. The van der Waals surface area contributed by atoms with Gasteiger partial charge in [0, 0.05) is 30.6 Å². The number of carbonyl (C=O) groups excluding carboxylic acids is 2. The number of hydrogen-bond donors (Lipinski definition) is 1. The van der Waals surface area contributed by atoms with Crippen molar-refractivity contribution in [2.45, 2.75) is 19.5 Å². The Bertz CT molecular complexity index is 1130. The minimum Gasteiger partial charge on any atom is -0.465 e. The molecule has 0 saturated carbocycles. The summed E-state index contributed by atoms with van der Waals surface area (Å²) in [5.41, 5.74) is 2.04. The van der Waals surface area contributed by atoms with Gasteiger partial charge in [0.15, 0.2) is 0 Å². The van der Waals surface area contributed by atoms with Gasteiger partial charge in [-0.2, -0.15) is 0 Å². The lowest BCUT2D eigenvalue weighted by Gasteiger charge is -2.27. The SMILES string of the molecule is COC(=O)c1c(NC(=O)c2ccc(F)cc2F)sc2c1CCN(Cc1ccccc1)C2. The topological polar surface area (TPSA) is 58.6 Å². The van der Waals surface area contributed by atoms with Crippen molar-refractivity contribution in [1.82, 2.24) is 4.90 Å². The van der Waals surface area contributed by atoms with Gasteiger partial charge in [0.2, 0.25) is 0 Å². The van der Waals surface area contributed by atoms with E-state index >= 15 is 0 Å². The van der Waals surface area contributed by atoms with Gasteiger partial charge in [0.05, 0.1) is 18.2 Å². The Balaban J connectivity index is 1.60. The highest BCUT2D eigenvalue weighted by Crippen LogP contribution is 2.38. The molecule has 1 amide bonds. The highest BCUT2D eigenvalue weighted by molar-refractivity contribution is 7.17.